The quantitative estimate of drug-likeness (QED) is 0.335. The molecule has 0 radical (unpaired) electrons. The summed E-state index contributed by atoms with van der Waals surface area (Å²) in [6.45, 7) is 1.02. The summed E-state index contributed by atoms with van der Waals surface area (Å²) in [5, 5.41) is 25.5. The maximum Gasteiger partial charge on any atom is 0.335 e. The molecule has 2 aromatic carbocycles. The minimum Gasteiger partial charge on any atom is -0.478 e. The lowest BCUT2D eigenvalue weighted by Gasteiger charge is -2.08. The number of rotatable bonds is 10. The van der Waals surface area contributed by atoms with Gasteiger partial charge in [-0.05, 0) is 42.7 Å². The molecule has 0 spiro atoms. The van der Waals surface area contributed by atoms with Crippen LogP contribution >= 0.6 is 0 Å². The number of hydrogen-bond acceptors (Lipinski definition) is 5. The summed E-state index contributed by atoms with van der Waals surface area (Å²) in [4.78, 5) is 32.9. The van der Waals surface area contributed by atoms with Gasteiger partial charge < -0.3 is 15.7 Å². The Morgan fingerprint density at radius 2 is 1.81 bits per heavy atom. The summed E-state index contributed by atoms with van der Waals surface area (Å²) in [7, 11) is 0. The second kappa shape index (κ2) is 9.91. The standard InChI is InChI=1S/C19H21N3O5/c23-18(21-12-10-14-3-1-4-15(13-14)19(24)25)5-2-11-20-16-6-8-17(9-7-16)22(26)27/h1,3-4,6-9,13,20H,2,5,10-12H2,(H,21,23)(H,24,25). The van der Waals surface area contributed by atoms with Crippen molar-refractivity contribution >= 4 is 23.3 Å². The van der Waals surface area contributed by atoms with Crippen molar-refractivity contribution in [3.05, 3.63) is 69.8 Å². The molecule has 0 saturated carbocycles. The molecule has 0 aliphatic carbocycles. The van der Waals surface area contributed by atoms with Crippen LogP contribution in [0.4, 0.5) is 11.4 Å². The number of nitrogens with zero attached hydrogens (tertiary/aromatic N) is 1. The van der Waals surface area contributed by atoms with Gasteiger partial charge in [-0.3, -0.25) is 14.9 Å². The Morgan fingerprint density at radius 1 is 1.07 bits per heavy atom. The fourth-order valence-electron chi connectivity index (χ4n) is 2.48. The van der Waals surface area contributed by atoms with E-state index in [1.807, 2.05) is 6.07 Å². The molecule has 8 nitrogen and oxygen atoms in total. The summed E-state index contributed by atoms with van der Waals surface area (Å²) in [6, 6.07) is 12.7. The van der Waals surface area contributed by atoms with Gasteiger partial charge in [-0.25, -0.2) is 4.79 Å². The average Bonchev–Trinajstić information content (AvgIpc) is 2.66. The molecule has 0 aromatic heterocycles. The molecule has 0 heterocycles. The molecule has 3 N–H and O–H groups in total. The van der Waals surface area contributed by atoms with E-state index >= 15 is 0 Å². The molecule has 2 aromatic rings. The molecule has 0 saturated heterocycles. The minimum absolute atomic E-state index is 0.0359. The molecule has 0 aliphatic heterocycles. The fourth-order valence-corrected chi connectivity index (χ4v) is 2.48. The van der Waals surface area contributed by atoms with Gasteiger partial charge in [0.05, 0.1) is 10.5 Å². The second-order valence-electron chi connectivity index (χ2n) is 5.94. The number of amides is 1. The number of aromatic carboxylic acids is 1. The highest BCUT2D eigenvalue weighted by Crippen LogP contribution is 2.15. The summed E-state index contributed by atoms with van der Waals surface area (Å²) in [5.74, 6) is -1.05. The van der Waals surface area contributed by atoms with E-state index in [1.54, 1.807) is 24.3 Å². The van der Waals surface area contributed by atoms with Crippen LogP contribution in [0, 0.1) is 10.1 Å². The highest BCUT2D eigenvalue weighted by molar-refractivity contribution is 5.87. The molecular formula is C19H21N3O5. The molecule has 2 rings (SSSR count). The van der Waals surface area contributed by atoms with Crippen molar-refractivity contribution in [2.75, 3.05) is 18.4 Å². The van der Waals surface area contributed by atoms with E-state index in [1.165, 1.54) is 18.2 Å². The molecule has 0 bridgehead atoms. The van der Waals surface area contributed by atoms with Crippen molar-refractivity contribution in [1.82, 2.24) is 5.32 Å². The third-order valence-electron chi connectivity index (χ3n) is 3.90. The third-order valence-corrected chi connectivity index (χ3v) is 3.90. The van der Waals surface area contributed by atoms with Gasteiger partial charge in [0.15, 0.2) is 0 Å². The Morgan fingerprint density at radius 3 is 2.48 bits per heavy atom. The summed E-state index contributed by atoms with van der Waals surface area (Å²) >= 11 is 0. The number of hydrogen-bond donors (Lipinski definition) is 3. The number of carboxylic acids is 1. The van der Waals surface area contributed by atoms with Gasteiger partial charge in [0, 0.05) is 37.3 Å². The Labute approximate surface area is 156 Å². The SMILES string of the molecule is O=C(CCCNc1ccc([N+](=O)[O-])cc1)NCCc1cccc(C(=O)O)c1. The number of carbonyl (C=O) groups excluding carboxylic acids is 1. The number of nitro groups is 1. The number of carbonyl (C=O) groups is 2. The third kappa shape index (κ3) is 6.77. The van der Waals surface area contributed by atoms with Crippen LogP contribution in [0.3, 0.4) is 0 Å². The molecular weight excluding hydrogens is 350 g/mol. The van der Waals surface area contributed by atoms with Crippen LogP contribution in [0.2, 0.25) is 0 Å². The van der Waals surface area contributed by atoms with E-state index < -0.39 is 10.9 Å². The lowest BCUT2D eigenvalue weighted by Crippen LogP contribution is -2.26. The maximum atomic E-state index is 11.8. The zero-order valence-corrected chi connectivity index (χ0v) is 14.7. The topological polar surface area (TPSA) is 122 Å². The van der Waals surface area contributed by atoms with Crippen molar-refractivity contribution in [3.8, 4) is 0 Å². The van der Waals surface area contributed by atoms with Crippen molar-refractivity contribution in [2.24, 2.45) is 0 Å². The van der Waals surface area contributed by atoms with Crippen LogP contribution in [-0.4, -0.2) is 35.0 Å². The molecule has 8 heteroatoms. The molecule has 1 amide bonds. The second-order valence-corrected chi connectivity index (χ2v) is 5.94. The first-order valence-corrected chi connectivity index (χ1v) is 8.53. The van der Waals surface area contributed by atoms with Crippen molar-refractivity contribution in [1.29, 1.82) is 0 Å². The highest BCUT2D eigenvalue weighted by Gasteiger charge is 2.05. The van der Waals surface area contributed by atoms with E-state index in [0.29, 0.717) is 32.4 Å². The Balaban J connectivity index is 1.63. The van der Waals surface area contributed by atoms with Crippen LogP contribution in [0.1, 0.15) is 28.8 Å². The van der Waals surface area contributed by atoms with Crippen molar-refractivity contribution in [3.63, 3.8) is 0 Å². The van der Waals surface area contributed by atoms with E-state index in [2.05, 4.69) is 10.6 Å². The number of benzene rings is 2. The number of anilines is 1. The number of nitro benzene ring substituents is 1. The summed E-state index contributed by atoms with van der Waals surface area (Å²) < 4.78 is 0. The van der Waals surface area contributed by atoms with Gasteiger partial charge in [0.25, 0.3) is 5.69 Å². The van der Waals surface area contributed by atoms with Gasteiger partial charge in [0.1, 0.15) is 0 Å². The van der Waals surface area contributed by atoms with Crippen molar-refractivity contribution in [2.45, 2.75) is 19.3 Å². The van der Waals surface area contributed by atoms with Gasteiger partial charge >= 0.3 is 5.97 Å². The number of carboxylic acid groups (broad SMARTS) is 1. The maximum absolute atomic E-state index is 11.8. The van der Waals surface area contributed by atoms with Crippen LogP contribution in [-0.2, 0) is 11.2 Å². The van der Waals surface area contributed by atoms with Crippen LogP contribution < -0.4 is 10.6 Å². The predicted molar refractivity (Wildman–Crippen MR) is 101 cm³/mol. The van der Waals surface area contributed by atoms with Gasteiger partial charge in [-0.2, -0.15) is 0 Å². The lowest BCUT2D eigenvalue weighted by atomic mass is 10.1. The largest absolute Gasteiger partial charge is 0.478 e. The molecule has 27 heavy (non-hydrogen) atoms. The Kier molecular flexibility index (Phi) is 7.30. The summed E-state index contributed by atoms with van der Waals surface area (Å²) in [6.07, 6.45) is 1.54. The molecule has 0 unspecified atom stereocenters. The first-order valence-electron chi connectivity index (χ1n) is 8.53. The molecule has 142 valence electrons. The monoisotopic (exact) mass is 371 g/mol. The van der Waals surface area contributed by atoms with E-state index in [4.69, 9.17) is 5.11 Å². The van der Waals surface area contributed by atoms with Crippen LogP contribution in [0.5, 0.6) is 0 Å². The fraction of sp³-hybridized carbons (Fsp3) is 0.263. The van der Waals surface area contributed by atoms with Crippen LogP contribution in [0.25, 0.3) is 0 Å². The van der Waals surface area contributed by atoms with Gasteiger partial charge in [0.2, 0.25) is 5.91 Å². The zero-order valence-electron chi connectivity index (χ0n) is 14.7. The highest BCUT2D eigenvalue weighted by atomic mass is 16.6. The summed E-state index contributed by atoms with van der Waals surface area (Å²) in [5.41, 5.74) is 1.89. The zero-order chi connectivity index (χ0) is 19.6. The van der Waals surface area contributed by atoms with E-state index in [-0.39, 0.29) is 17.2 Å². The van der Waals surface area contributed by atoms with Crippen molar-refractivity contribution < 1.29 is 19.6 Å². The molecule has 0 atom stereocenters. The smallest absolute Gasteiger partial charge is 0.335 e. The first kappa shape index (κ1) is 19.9. The number of nitrogens with one attached hydrogen (secondary N) is 2. The van der Waals surface area contributed by atoms with E-state index in [0.717, 1.165) is 11.3 Å². The van der Waals surface area contributed by atoms with Gasteiger partial charge in [-0.15, -0.1) is 0 Å². The normalized spacial score (nSPS) is 10.2. The lowest BCUT2D eigenvalue weighted by molar-refractivity contribution is -0.384. The Bertz CT molecular complexity index is 805. The molecule has 0 aliphatic rings. The van der Waals surface area contributed by atoms with E-state index in [9.17, 15) is 19.7 Å². The first-order chi connectivity index (χ1) is 13.0. The molecule has 0 fully saturated rings. The minimum atomic E-state index is -0.971. The predicted octanol–water partition coefficient (Wildman–Crippen LogP) is 2.84. The van der Waals surface area contributed by atoms with Crippen LogP contribution in [0.15, 0.2) is 48.5 Å². The number of non-ortho nitro benzene ring substituents is 1. The average molecular weight is 371 g/mol. The van der Waals surface area contributed by atoms with Gasteiger partial charge in [-0.1, -0.05) is 12.1 Å². The Hall–Kier alpha value is -3.42.